The van der Waals surface area contributed by atoms with Gasteiger partial charge in [0.15, 0.2) is 22.9 Å². The molecule has 10 rings (SSSR count). The third-order valence-electron chi connectivity index (χ3n) is 13.1. The quantitative estimate of drug-likeness (QED) is 0.212. The maximum atomic E-state index is 13.8. The van der Waals surface area contributed by atoms with Crippen LogP contribution in [0.25, 0.3) is 0 Å². The van der Waals surface area contributed by atoms with Crippen molar-refractivity contribution < 1.29 is 55.7 Å². The maximum absolute atomic E-state index is 13.8. The van der Waals surface area contributed by atoms with E-state index in [1.165, 1.54) is 21.5 Å². The van der Waals surface area contributed by atoms with Crippen molar-refractivity contribution in [2.24, 2.45) is 11.8 Å². The Balaban J connectivity index is 0.000000158. The Kier molecular flexibility index (Phi) is 9.55. The van der Waals surface area contributed by atoms with Crippen LogP contribution in [0.2, 0.25) is 0 Å². The fourth-order valence-corrected chi connectivity index (χ4v) is 9.78. The Morgan fingerprint density at radius 3 is 1.32 bits per heavy atom. The second-order valence-electron chi connectivity index (χ2n) is 16.7. The van der Waals surface area contributed by atoms with Gasteiger partial charge in [0.1, 0.15) is 46.0 Å². The predicted molar refractivity (Wildman–Crippen MR) is 202 cm³/mol. The number of pyridine rings is 2. The highest BCUT2D eigenvalue weighted by Crippen LogP contribution is 2.58. The van der Waals surface area contributed by atoms with Crippen LogP contribution in [0.5, 0.6) is 11.5 Å². The number of hydrogen-bond donors (Lipinski definition) is 4. The summed E-state index contributed by atoms with van der Waals surface area (Å²) in [6.07, 6.45) is 7.45. The van der Waals surface area contributed by atoms with Crippen molar-refractivity contribution in [3.63, 3.8) is 0 Å². The highest BCUT2D eigenvalue weighted by Gasteiger charge is 2.62. The summed E-state index contributed by atoms with van der Waals surface area (Å²) in [4.78, 5) is 79.5. The minimum atomic E-state index is -1.17. The van der Waals surface area contributed by atoms with Gasteiger partial charge >= 0.3 is 0 Å². The van der Waals surface area contributed by atoms with Crippen LogP contribution in [0.3, 0.4) is 0 Å². The molecule has 4 aromatic rings. The van der Waals surface area contributed by atoms with Gasteiger partial charge in [-0.1, -0.05) is 0 Å². The van der Waals surface area contributed by atoms with E-state index >= 15 is 0 Å². The standard InChI is InChI=1S/2C21H18F3N3O4/c2*22-11-4-14(23)12(15(24)5-11)7-25-19(30)13-8-27-16(18(29)17(13)28)20(31)26-3-1-2-10-6-21(10,27)9-26/h2*4-5,8,10,29H,1-3,6-7,9H2,(H,25,30)/t2*10-,21+/m10/s1. The molecule has 20 heteroatoms. The van der Waals surface area contributed by atoms with Crippen molar-refractivity contribution in [1.82, 2.24) is 29.6 Å². The van der Waals surface area contributed by atoms with Crippen LogP contribution in [-0.2, 0) is 24.2 Å². The van der Waals surface area contributed by atoms with Crippen LogP contribution in [0.4, 0.5) is 26.3 Å². The number of aromatic nitrogens is 2. The van der Waals surface area contributed by atoms with Crippen LogP contribution in [0.1, 0.15) is 91.3 Å². The van der Waals surface area contributed by atoms with E-state index in [-0.39, 0.29) is 23.2 Å². The number of hydrogen-bond acceptors (Lipinski definition) is 8. The number of nitrogens with zero attached hydrogens (tertiary/aromatic N) is 4. The van der Waals surface area contributed by atoms with Crippen LogP contribution >= 0.6 is 0 Å². The molecular formula is C42H36F6N6O8. The number of benzene rings is 2. The predicted octanol–water partition coefficient (Wildman–Crippen LogP) is 3.73. The van der Waals surface area contributed by atoms with Gasteiger partial charge < -0.3 is 39.8 Å². The van der Waals surface area contributed by atoms with E-state index in [9.17, 15) is 65.3 Å². The number of fused-ring (bicyclic) bond motifs is 4. The van der Waals surface area contributed by atoms with Crippen molar-refractivity contribution in [3.8, 4) is 11.5 Å². The Morgan fingerprint density at radius 2 is 0.968 bits per heavy atom. The summed E-state index contributed by atoms with van der Waals surface area (Å²) in [6.45, 7) is 0.722. The van der Waals surface area contributed by atoms with Gasteiger partial charge in [0.25, 0.3) is 23.6 Å². The largest absolute Gasteiger partial charge is 0.503 e. The average Bonchev–Trinajstić information content (AvgIpc) is 4.11. The third-order valence-corrected chi connectivity index (χ3v) is 13.1. The number of carbonyl (C=O) groups excluding carboxylic acids is 4. The molecule has 62 heavy (non-hydrogen) atoms. The zero-order valence-electron chi connectivity index (χ0n) is 32.5. The number of aromatic hydroxyl groups is 2. The molecule has 14 nitrogen and oxygen atoms in total. The summed E-state index contributed by atoms with van der Waals surface area (Å²) in [7, 11) is 0. The van der Waals surface area contributed by atoms with Gasteiger partial charge in [-0.2, -0.15) is 0 Å². The fourth-order valence-electron chi connectivity index (χ4n) is 9.78. The molecule has 0 unspecified atom stereocenters. The van der Waals surface area contributed by atoms with Gasteiger partial charge in [0.2, 0.25) is 10.9 Å². The van der Waals surface area contributed by atoms with Crippen molar-refractivity contribution in [3.05, 3.63) is 126 Å². The van der Waals surface area contributed by atoms with E-state index in [0.717, 1.165) is 38.5 Å². The second-order valence-corrected chi connectivity index (χ2v) is 16.7. The maximum Gasteiger partial charge on any atom is 0.274 e. The molecule has 4 amide bonds. The highest BCUT2D eigenvalue weighted by molar-refractivity contribution is 6.00. The van der Waals surface area contributed by atoms with Crippen LogP contribution in [0, 0.1) is 46.7 Å². The normalized spacial score (nSPS) is 23.6. The van der Waals surface area contributed by atoms with E-state index in [0.29, 0.717) is 50.4 Å². The minimum Gasteiger partial charge on any atom is -0.503 e. The Hall–Kier alpha value is -6.60. The Morgan fingerprint density at radius 1 is 0.613 bits per heavy atom. The number of amides is 4. The van der Waals surface area contributed by atoms with Gasteiger partial charge in [-0.25, -0.2) is 26.3 Å². The third kappa shape index (κ3) is 6.40. The summed E-state index contributed by atoms with van der Waals surface area (Å²) < 4.78 is 84.5. The smallest absolute Gasteiger partial charge is 0.274 e. The van der Waals surface area contributed by atoms with Gasteiger partial charge in [0, 0.05) is 87.1 Å². The molecule has 4 N–H and O–H groups in total. The zero-order valence-corrected chi connectivity index (χ0v) is 32.5. The van der Waals surface area contributed by atoms with E-state index in [4.69, 9.17) is 0 Å². The van der Waals surface area contributed by atoms with Gasteiger partial charge in [-0.05, 0) is 50.4 Å². The summed E-state index contributed by atoms with van der Waals surface area (Å²) in [6, 6.07) is 1.94. The summed E-state index contributed by atoms with van der Waals surface area (Å²) >= 11 is 0. The SMILES string of the molecule is O=C(NCc1c(F)cc(F)cc1F)c1cn2c(c(O)c1=O)C(=O)N1CCC[C@@H]3C[C@]32C1.O=C(NCc1c(F)cc(F)cc1F)c1cn2c(c(O)c1=O)C(=O)N1CCC[C@H]3C[C@@]32C1. The summed E-state index contributed by atoms with van der Waals surface area (Å²) in [5.74, 6) is -10.8. The first-order valence-electron chi connectivity index (χ1n) is 19.9. The monoisotopic (exact) mass is 866 g/mol. The lowest BCUT2D eigenvalue weighted by Crippen LogP contribution is -2.49. The lowest BCUT2D eigenvalue weighted by Gasteiger charge is -2.36. The Labute approximate surface area is 346 Å². The molecule has 324 valence electrons. The molecule has 2 aliphatic carbocycles. The van der Waals surface area contributed by atoms with Crippen LogP contribution in [0.15, 0.2) is 46.2 Å². The van der Waals surface area contributed by atoms with Crippen LogP contribution < -0.4 is 21.5 Å². The lowest BCUT2D eigenvalue weighted by atomic mass is 10.0. The van der Waals surface area contributed by atoms with Gasteiger partial charge in [-0.3, -0.25) is 28.8 Å². The first-order chi connectivity index (χ1) is 29.4. The molecule has 2 spiro atoms. The summed E-state index contributed by atoms with van der Waals surface area (Å²) in [5.41, 5.74) is -5.26. The molecule has 4 aliphatic heterocycles. The van der Waals surface area contributed by atoms with E-state index in [1.54, 1.807) is 9.80 Å². The summed E-state index contributed by atoms with van der Waals surface area (Å²) in [5, 5.41) is 25.5. The van der Waals surface area contributed by atoms with Crippen molar-refractivity contribution in [2.45, 2.75) is 62.7 Å². The first kappa shape index (κ1) is 40.8. The van der Waals surface area contributed by atoms with Crippen molar-refractivity contribution in [2.75, 3.05) is 26.2 Å². The van der Waals surface area contributed by atoms with Crippen molar-refractivity contribution >= 4 is 23.6 Å². The molecule has 0 radical (unpaired) electrons. The van der Waals surface area contributed by atoms with E-state index in [1.807, 2.05) is 0 Å². The number of rotatable bonds is 6. The number of nitrogens with one attached hydrogen (secondary N) is 2. The first-order valence-corrected chi connectivity index (χ1v) is 19.9. The molecule has 2 saturated carbocycles. The molecule has 6 heterocycles. The topological polar surface area (TPSA) is 183 Å². The molecule has 4 bridgehead atoms. The van der Waals surface area contributed by atoms with E-state index < -0.39 is 127 Å². The fraction of sp³-hybridized carbons (Fsp3) is 0.381. The number of carbonyl (C=O) groups is 4. The molecule has 2 saturated heterocycles. The van der Waals surface area contributed by atoms with Gasteiger partial charge in [0.05, 0.1) is 11.1 Å². The molecular weight excluding hydrogens is 830 g/mol. The molecule has 6 aliphatic rings. The lowest BCUT2D eigenvalue weighted by molar-refractivity contribution is 0.0644. The number of halogens is 6. The second kappa shape index (κ2) is 14.5. The minimum absolute atomic E-state index is 0.132. The highest BCUT2D eigenvalue weighted by atomic mass is 19.2. The molecule has 4 fully saturated rings. The average molecular weight is 867 g/mol. The van der Waals surface area contributed by atoms with Crippen LogP contribution in [-0.4, -0.2) is 79.0 Å². The van der Waals surface area contributed by atoms with Crippen molar-refractivity contribution in [1.29, 1.82) is 0 Å². The molecule has 4 atom stereocenters. The van der Waals surface area contributed by atoms with Gasteiger partial charge in [-0.15, -0.1) is 0 Å². The molecule has 2 aromatic heterocycles. The zero-order chi connectivity index (χ0) is 44.2. The van der Waals surface area contributed by atoms with E-state index in [2.05, 4.69) is 10.6 Å². The Bertz CT molecular complexity index is 2560. The molecule has 2 aromatic carbocycles.